The first-order chi connectivity index (χ1) is 9.13. The molecule has 0 aliphatic rings. The van der Waals surface area contributed by atoms with E-state index >= 15 is 0 Å². The second kappa shape index (κ2) is 8.81. The van der Waals surface area contributed by atoms with Crippen LogP contribution in [-0.2, 0) is 0 Å². The lowest BCUT2D eigenvalue weighted by Crippen LogP contribution is -2.24. The van der Waals surface area contributed by atoms with Crippen LogP contribution in [-0.4, -0.2) is 33.3 Å². The van der Waals surface area contributed by atoms with E-state index in [4.69, 9.17) is 4.74 Å². The van der Waals surface area contributed by atoms with E-state index in [1.54, 1.807) is 7.11 Å². The maximum atomic E-state index is 5.17. The lowest BCUT2D eigenvalue weighted by atomic mass is 10.2. The van der Waals surface area contributed by atoms with E-state index in [0.29, 0.717) is 6.04 Å². The molecule has 1 aromatic rings. The molecular formula is C16H28N2O. The van der Waals surface area contributed by atoms with Gasteiger partial charge in [-0.2, -0.15) is 0 Å². The van der Waals surface area contributed by atoms with Gasteiger partial charge in [-0.05, 0) is 43.7 Å². The van der Waals surface area contributed by atoms with Gasteiger partial charge in [0, 0.05) is 25.3 Å². The largest absolute Gasteiger partial charge is 0.497 e. The monoisotopic (exact) mass is 264 g/mol. The number of hydrogen-bond donors (Lipinski definition) is 1. The number of hydrogen-bond acceptors (Lipinski definition) is 3. The molecule has 0 unspecified atom stereocenters. The van der Waals surface area contributed by atoms with Crippen molar-refractivity contribution in [3.63, 3.8) is 0 Å². The maximum Gasteiger partial charge on any atom is 0.119 e. The van der Waals surface area contributed by atoms with E-state index in [1.807, 2.05) is 12.1 Å². The van der Waals surface area contributed by atoms with Gasteiger partial charge in [-0.25, -0.2) is 0 Å². The van der Waals surface area contributed by atoms with E-state index in [-0.39, 0.29) is 0 Å². The van der Waals surface area contributed by atoms with Gasteiger partial charge in [0.25, 0.3) is 0 Å². The highest BCUT2D eigenvalue weighted by molar-refractivity contribution is 5.48. The number of rotatable bonds is 9. The Kier molecular flexibility index (Phi) is 7.34. The van der Waals surface area contributed by atoms with Crippen LogP contribution in [0.5, 0.6) is 5.75 Å². The van der Waals surface area contributed by atoms with Crippen LogP contribution in [0.4, 0.5) is 5.69 Å². The zero-order chi connectivity index (χ0) is 14.1. The summed E-state index contributed by atoms with van der Waals surface area (Å²) in [5.74, 6) is 0.914. The van der Waals surface area contributed by atoms with Crippen molar-refractivity contribution in [1.29, 1.82) is 0 Å². The van der Waals surface area contributed by atoms with Crippen LogP contribution >= 0.6 is 0 Å². The third-order valence-electron chi connectivity index (χ3n) is 3.24. The molecule has 0 amide bonds. The zero-order valence-corrected chi connectivity index (χ0v) is 12.8. The van der Waals surface area contributed by atoms with Crippen molar-refractivity contribution < 1.29 is 4.74 Å². The van der Waals surface area contributed by atoms with Crippen LogP contribution in [0.3, 0.4) is 0 Å². The number of unbranched alkanes of at least 4 members (excludes halogenated alkanes) is 2. The van der Waals surface area contributed by atoms with Gasteiger partial charge in [0.1, 0.15) is 5.75 Å². The first-order valence-electron chi connectivity index (χ1n) is 7.22. The fraction of sp³-hybridized carbons (Fsp3) is 0.625. The van der Waals surface area contributed by atoms with E-state index in [0.717, 1.165) is 18.8 Å². The third-order valence-corrected chi connectivity index (χ3v) is 3.24. The average Bonchev–Trinajstić information content (AvgIpc) is 2.42. The Morgan fingerprint density at radius 3 is 2.37 bits per heavy atom. The van der Waals surface area contributed by atoms with Crippen LogP contribution in [0.15, 0.2) is 24.3 Å². The zero-order valence-electron chi connectivity index (χ0n) is 12.8. The summed E-state index contributed by atoms with van der Waals surface area (Å²) in [7, 11) is 3.85. The fourth-order valence-electron chi connectivity index (χ4n) is 2.01. The summed E-state index contributed by atoms with van der Waals surface area (Å²) in [6.45, 7) is 6.62. The summed E-state index contributed by atoms with van der Waals surface area (Å²) in [4.78, 5) is 2.30. The molecule has 0 saturated carbocycles. The Morgan fingerprint density at radius 1 is 1.11 bits per heavy atom. The summed E-state index contributed by atoms with van der Waals surface area (Å²) < 4.78 is 5.17. The van der Waals surface area contributed by atoms with Crippen molar-refractivity contribution in [1.82, 2.24) is 5.32 Å². The second-order valence-corrected chi connectivity index (χ2v) is 5.29. The molecule has 0 aliphatic heterocycles. The average molecular weight is 264 g/mol. The highest BCUT2D eigenvalue weighted by atomic mass is 16.5. The Balaban J connectivity index is 2.17. The number of ether oxygens (including phenoxy) is 1. The summed E-state index contributed by atoms with van der Waals surface area (Å²) >= 11 is 0. The van der Waals surface area contributed by atoms with E-state index in [1.165, 1.54) is 24.9 Å². The number of anilines is 1. The van der Waals surface area contributed by atoms with Gasteiger partial charge in [0.15, 0.2) is 0 Å². The molecule has 0 atom stereocenters. The van der Waals surface area contributed by atoms with Gasteiger partial charge in [-0.15, -0.1) is 0 Å². The SMILES string of the molecule is COc1ccc(N(C)CCCCCNC(C)C)cc1. The van der Waals surface area contributed by atoms with Crippen LogP contribution in [0.1, 0.15) is 33.1 Å². The molecule has 1 N–H and O–H groups in total. The van der Waals surface area contributed by atoms with Crippen LogP contribution in [0, 0.1) is 0 Å². The maximum absolute atomic E-state index is 5.17. The summed E-state index contributed by atoms with van der Waals surface area (Å²) in [6, 6.07) is 8.84. The van der Waals surface area contributed by atoms with E-state index < -0.39 is 0 Å². The van der Waals surface area contributed by atoms with Crippen molar-refractivity contribution in [2.45, 2.75) is 39.2 Å². The van der Waals surface area contributed by atoms with Gasteiger partial charge < -0.3 is 15.0 Å². The summed E-state index contributed by atoms with van der Waals surface area (Å²) in [5.41, 5.74) is 1.25. The summed E-state index contributed by atoms with van der Waals surface area (Å²) in [5, 5.41) is 3.45. The topological polar surface area (TPSA) is 24.5 Å². The minimum Gasteiger partial charge on any atom is -0.497 e. The number of benzene rings is 1. The minimum absolute atomic E-state index is 0.599. The smallest absolute Gasteiger partial charge is 0.119 e. The van der Waals surface area contributed by atoms with Crippen molar-refractivity contribution >= 4 is 5.69 Å². The molecule has 0 radical (unpaired) electrons. The Labute approximate surface area is 118 Å². The first kappa shape index (κ1) is 15.8. The van der Waals surface area contributed by atoms with E-state index in [2.05, 4.69) is 43.2 Å². The normalized spacial score (nSPS) is 10.8. The van der Waals surface area contributed by atoms with Crippen LogP contribution in [0.25, 0.3) is 0 Å². The molecule has 0 saturated heterocycles. The molecule has 108 valence electrons. The lowest BCUT2D eigenvalue weighted by Gasteiger charge is -2.19. The lowest BCUT2D eigenvalue weighted by molar-refractivity contribution is 0.415. The Bertz CT molecular complexity index is 335. The molecule has 0 spiro atoms. The standard InChI is InChI=1S/C16H28N2O/c1-14(2)17-12-6-5-7-13-18(3)15-8-10-16(19-4)11-9-15/h8-11,14,17H,5-7,12-13H2,1-4H3. The predicted octanol–water partition coefficient (Wildman–Crippen LogP) is 3.30. The van der Waals surface area contributed by atoms with Crippen molar-refractivity contribution in [2.75, 3.05) is 32.1 Å². The summed E-state index contributed by atoms with van der Waals surface area (Å²) in [6.07, 6.45) is 3.77. The van der Waals surface area contributed by atoms with Crippen molar-refractivity contribution in [2.24, 2.45) is 0 Å². The molecule has 19 heavy (non-hydrogen) atoms. The van der Waals surface area contributed by atoms with E-state index in [9.17, 15) is 0 Å². The highest BCUT2D eigenvalue weighted by Crippen LogP contribution is 2.18. The molecule has 0 heterocycles. The highest BCUT2D eigenvalue weighted by Gasteiger charge is 2.01. The van der Waals surface area contributed by atoms with Crippen molar-refractivity contribution in [3.05, 3.63) is 24.3 Å². The van der Waals surface area contributed by atoms with Gasteiger partial charge in [0.2, 0.25) is 0 Å². The van der Waals surface area contributed by atoms with Gasteiger partial charge >= 0.3 is 0 Å². The fourth-order valence-corrected chi connectivity index (χ4v) is 2.01. The van der Waals surface area contributed by atoms with Crippen LogP contribution in [0.2, 0.25) is 0 Å². The first-order valence-corrected chi connectivity index (χ1v) is 7.22. The Morgan fingerprint density at radius 2 is 1.79 bits per heavy atom. The number of methoxy groups -OCH3 is 1. The Hall–Kier alpha value is -1.22. The van der Waals surface area contributed by atoms with Crippen LogP contribution < -0.4 is 15.0 Å². The quantitative estimate of drug-likeness (QED) is 0.693. The molecular weight excluding hydrogens is 236 g/mol. The van der Waals surface area contributed by atoms with Gasteiger partial charge in [0.05, 0.1) is 7.11 Å². The van der Waals surface area contributed by atoms with Crippen molar-refractivity contribution in [3.8, 4) is 5.75 Å². The minimum atomic E-state index is 0.599. The molecule has 0 fully saturated rings. The molecule has 0 aliphatic carbocycles. The molecule has 1 aromatic carbocycles. The molecule has 3 nitrogen and oxygen atoms in total. The molecule has 0 aromatic heterocycles. The molecule has 1 rings (SSSR count). The predicted molar refractivity (Wildman–Crippen MR) is 83.3 cm³/mol. The van der Waals surface area contributed by atoms with Gasteiger partial charge in [-0.3, -0.25) is 0 Å². The molecule has 3 heteroatoms. The van der Waals surface area contributed by atoms with Gasteiger partial charge in [-0.1, -0.05) is 20.3 Å². The number of nitrogens with one attached hydrogen (secondary N) is 1. The second-order valence-electron chi connectivity index (χ2n) is 5.29. The third kappa shape index (κ3) is 6.48. The molecule has 0 bridgehead atoms. The number of nitrogens with zero attached hydrogens (tertiary/aromatic N) is 1.